The second-order valence-corrected chi connectivity index (χ2v) is 45.0. The maximum Gasteiger partial charge on any atom is 0.170 e. The molecule has 16 nitrogen and oxygen atoms in total. The molecule has 144 heavy (non-hydrogen) atoms. The molecule has 2 aliphatic heterocycles. The van der Waals surface area contributed by atoms with E-state index in [-0.39, 0.29) is 94.7 Å². The van der Waals surface area contributed by atoms with Crippen LogP contribution in [0.15, 0.2) is 194 Å². The molecule has 2 aliphatic rings. The van der Waals surface area contributed by atoms with Crippen LogP contribution in [-0.4, -0.2) is 39.9 Å². The van der Waals surface area contributed by atoms with Crippen LogP contribution in [0.1, 0.15) is 405 Å². The van der Waals surface area contributed by atoms with E-state index < -0.39 is 0 Å². The lowest BCUT2D eigenvalue weighted by atomic mass is 9.95. The van der Waals surface area contributed by atoms with E-state index in [0.717, 1.165) is 89.0 Å². The number of rotatable bonds is 32. The molecule has 8 bridgehead atoms. The summed E-state index contributed by atoms with van der Waals surface area (Å²) in [5.41, 5.74) is 22.2. The molecule has 0 aliphatic carbocycles. The molecule has 5 heterocycles. The molecule has 0 saturated heterocycles. The van der Waals surface area contributed by atoms with Crippen molar-refractivity contribution in [3.05, 3.63) is 283 Å². The average molecular weight is 1920 g/mol. The van der Waals surface area contributed by atoms with Gasteiger partial charge in [0.2, 0.25) is 0 Å². The molecule has 15 aromatic rings. The van der Waals surface area contributed by atoms with Crippen LogP contribution in [0.5, 0.6) is 92.0 Å². The first-order valence-corrected chi connectivity index (χ1v) is 52.5. The number of hydrogen-bond donors (Lipinski definition) is 2. The number of fused-ring (bicyclic) bond motifs is 20. The van der Waals surface area contributed by atoms with Crippen LogP contribution in [0.25, 0.3) is 89.7 Å². The van der Waals surface area contributed by atoms with Crippen LogP contribution in [0.2, 0.25) is 0 Å². The Hall–Kier alpha value is -13.6. The van der Waals surface area contributed by atoms with Crippen molar-refractivity contribution in [2.75, 3.05) is 0 Å². The van der Waals surface area contributed by atoms with Crippen molar-refractivity contribution in [2.24, 2.45) is 0 Å². The van der Waals surface area contributed by atoms with Gasteiger partial charge >= 0.3 is 0 Å². The second-order valence-electron chi connectivity index (χ2n) is 45.0. The van der Waals surface area contributed by atoms with Gasteiger partial charge in [-0.15, -0.1) is 0 Å². The smallest absolute Gasteiger partial charge is 0.170 e. The third kappa shape index (κ3) is 22.2. The molecule has 0 fully saturated rings. The lowest BCUT2D eigenvalue weighted by molar-refractivity contribution is 0.417. The highest BCUT2D eigenvalue weighted by molar-refractivity contribution is 6.08. The normalized spacial score (nSPS) is 12.3. The van der Waals surface area contributed by atoms with Gasteiger partial charge in [-0.25, -0.2) is 29.9 Å². The van der Waals surface area contributed by atoms with E-state index in [2.05, 4.69) is 377 Å². The van der Waals surface area contributed by atoms with E-state index in [1.54, 1.807) is 0 Å². The van der Waals surface area contributed by atoms with Gasteiger partial charge in [0, 0.05) is 43.8 Å². The average Bonchev–Trinajstić information content (AvgIpc) is 1.58. The van der Waals surface area contributed by atoms with E-state index >= 15 is 0 Å². The summed E-state index contributed by atoms with van der Waals surface area (Å²) in [4.78, 5) is 43.0. The fourth-order valence-electron chi connectivity index (χ4n) is 18.4. The van der Waals surface area contributed by atoms with Crippen molar-refractivity contribution in [2.45, 2.75) is 316 Å². The third-order valence-electron chi connectivity index (χ3n) is 28.2. The number of aromatic amines is 2. The molecular weight excluding hydrogens is 1780 g/mol. The van der Waals surface area contributed by atoms with E-state index in [1.165, 1.54) is 0 Å². The van der Waals surface area contributed by atoms with Crippen LogP contribution >= 0.6 is 0 Å². The number of hydrogen-bond acceptors (Lipinski definition) is 14. The molecule has 0 saturated carbocycles. The fraction of sp³-hybridized carbons (Fsp3) is 0.375. The first-order chi connectivity index (χ1) is 68.3. The van der Waals surface area contributed by atoms with Crippen LogP contribution in [0.4, 0.5) is 0 Å². The Labute approximate surface area is 853 Å². The highest BCUT2D eigenvalue weighted by atomic mass is 16.5. The van der Waals surface area contributed by atoms with Gasteiger partial charge in [0.25, 0.3) is 0 Å². The molecule has 0 unspecified atom stereocenters. The summed E-state index contributed by atoms with van der Waals surface area (Å²) in [6, 6.07) is 68.8. The standard InChI is InChI=1S/C128H146N8O8/c1-65(2)81-33-82(66(3)4)42-97(41-81)137-113-57-105-106(58-114(113)138-98-43-83(67(5)6)34-84(44-98)68(7)8)122-129-121(105)133-123-107-59-115(139-99-45-85(69(9)10)35-86(46-99)70(11)12)116(140-100-47-87(71(13)14)36-88(48-100)72(15)16)60-108(107)125(130-123)135-127-111-63-119(143-103-53-93(77(25)26)39-94(54-103)78(27)28)120(144-104-55-95(79(29)30)40-96(56-104)80(31)32)64-112(111)128(132-127)136-126-110-62-118(142-102-51-91(75(21)22)38-92(52-102)76(23)24)117(61-109(110)124(131-126)134-122)141-101-49-89(73(17)18)37-90(50-101)74(19)20/h33-80H,1-32H3,(H2,129,130,131,132,133,134,135,136). The number of nitrogens with one attached hydrogen (secondary N) is 2. The summed E-state index contributed by atoms with van der Waals surface area (Å²) < 4.78 is 60.0. The van der Waals surface area contributed by atoms with E-state index in [1.807, 2.05) is 48.5 Å². The zero-order chi connectivity index (χ0) is 103. The number of aromatic nitrogens is 8. The van der Waals surface area contributed by atoms with Gasteiger partial charge in [-0.3, -0.25) is 0 Å². The summed E-state index contributed by atoms with van der Waals surface area (Å²) >= 11 is 0. The predicted molar refractivity (Wildman–Crippen MR) is 594 cm³/mol. The van der Waals surface area contributed by atoms with Crippen LogP contribution < -0.4 is 37.9 Å². The van der Waals surface area contributed by atoms with Gasteiger partial charge in [-0.2, -0.15) is 0 Å². The minimum absolute atomic E-state index is 0.184. The highest BCUT2D eigenvalue weighted by Crippen LogP contribution is 2.53. The Morgan fingerprint density at radius 2 is 0.250 bits per heavy atom. The molecule has 0 amide bonds. The monoisotopic (exact) mass is 1920 g/mol. The van der Waals surface area contributed by atoms with Crippen molar-refractivity contribution in [1.29, 1.82) is 0 Å². The lowest BCUT2D eigenvalue weighted by Crippen LogP contribution is -1.99. The number of ether oxygens (including phenoxy) is 8. The van der Waals surface area contributed by atoms with E-state index in [0.29, 0.717) is 182 Å². The largest absolute Gasteiger partial charge is 0.453 e. The van der Waals surface area contributed by atoms with Gasteiger partial charge in [0.05, 0.1) is 0 Å². The van der Waals surface area contributed by atoms with E-state index in [4.69, 9.17) is 67.8 Å². The Balaban J connectivity index is 1.05. The van der Waals surface area contributed by atoms with Crippen LogP contribution in [0, 0.1) is 0 Å². The minimum atomic E-state index is 0.184. The summed E-state index contributed by atoms with van der Waals surface area (Å²) in [6.07, 6.45) is 0. The summed E-state index contributed by atoms with van der Waals surface area (Å²) in [6.45, 7) is 71.0. The number of nitrogens with zero attached hydrogens (tertiary/aromatic N) is 6. The van der Waals surface area contributed by atoms with Gasteiger partial charge < -0.3 is 47.9 Å². The van der Waals surface area contributed by atoms with Crippen LogP contribution in [-0.2, 0) is 0 Å². The Kier molecular flexibility index (Phi) is 29.4. The molecule has 746 valence electrons. The number of H-pyrrole nitrogens is 2. The molecular formula is C128H146N8O8. The van der Waals surface area contributed by atoms with Crippen molar-refractivity contribution in [3.8, 4) is 138 Å². The quantitative estimate of drug-likeness (QED) is 0.0406. The molecule has 0 spiro atoms. The topological polar surface area (TPSA) is 183 Å². The molecule has 17 rings (SSSR count). The SMILES string of the molecule is CC(C)c1cc(Oc2cc3c(cc2Oc2cc(C(C)C)cc(C(C)C)c2)-c2nc-3nc3[nH]c(nc4nc(nc5[nH]c(n2)c2cc(Oc6cc(C(C)C)cc(C(C)C)c6)c(Oc6cc(C(C)C)cc(C(C)C)c6)cc52)-c2cc(Oc5cc(C(C)C)cc(C(C)C)c5)c(Oc5cc(C(C)C)cc(C(C)C)c5)cc2-4)c2cc(Oc4cc(C(C)C)cc(C(C)C)c4)c(Oc4cc(C(C)C)cc(C(C)C)c4)cc32)cc(C(C)C)c1. The molecule has 2 N–H and O–H groups in total. The van der Waals surface area contributed by atoms with Gasteiger partial charge in [-0.05, 0) is 329 Å². The van der Waals surface area contributed by atoms with Crippen LogP contribution in [0.3, 0.4) is 0 Å². The van der Waals surface area contributed by atoms with Crippen molar-refractivity contribution >= 4 is 44.1 Å². The van der Waals surface area contributed by atoms with E-state index in [9.17, 15) is 0 Å². The first-order valence-electron chi connectivity index (χ1n) is 52.5. The Morgan fingerprint density at radius 3 is 0.361 bits per heavy atom. The maximum absolute atomic E-state index is 7.50. The van der Waals surface area contributed by atoms with Gasteiger partial charge in [0.15, 0.2) is 69.3 Å². The van der Waals surface area contributed by atoms with Crippen molar-refractivity contribution < 1.29 is 37.9 Å². The minimum Gasteiger partial charge on any atom is -0.453 e. The third-order valence-corrected chi connectivity index (χ3v) is 28.2. The molecule has 0 atom stereocenters. The molecule has 3 aromatic heterocycles. The predicted octanol–water partition coefficient (Wildman–Crippen LogP) is 39.2. The zero-order valence-electron chi connectivity index (χ0n) is 90.7. The highest BCUT2D eigenvalue weighted by Gasteiger charge is 2.32. The molecule has 16 heteroatoms. The van der Waals surface area contributed by atoms with Gasteiger partial charge in [-0.1, -0.05) is 270 Å². The molecule has 0 radical (unpaired) electrons. The molecule has 12 aromatic carbocycles. The van der Waals surface area contributed by atoms with Crippen molar-refractivity contribution in [1.82, 2.24) is 39.9 Å². The second kappa shape index (κ2) is 41.6. The first kappa shape index (κ1) is 102. The Bertz CT molecular complexity index is 6490. The fourth-order valence-corrected chi connectivity index (χ4v) is 18.4. The lowest BCUT2D eigenvalue weighted by Gasteiger charge is -2.19. The van der Waals surface area contributed by atoms with Gasteiger partial charge in [0.1, 0.15) is 68.6 Å². The summed E-state index contributed by atoms with van der Waals surface area (Å²) in [7, 11) is 0. The Morgan fingerprint density at radius 1 is 0.139 bits per heavy atom. The summed E-state index contributed by atoms with van der Waals surface area (Å²) in [5.74, 6) is 12.8. The summed E-state index contributed by atoms with van der Waals surface area (Å²) in [5, 5.41) is 2.51. The maximum atomic E-state index is 7.50. The van der Waals surface area contributed by atoms with Crippen molar-refractivity contribution in [3.63, 3.8) is 0 Å². The number of benzene rings is 12. The zero-order valence-corrected chi connectivity index (χ0v) is 90.7.